The van der Waals surface area contributed by atoms with Gasteiger partial charge in [0.2, 0.25) is 0 Å². The number of anilines is 1. The molecule has 0 unspecified atom stereocenters. The first kappa shape index (κ1) is 13.8. The highest BCUT2D eigenvalue weighted by molar-refractivity contribution is 6.05. The van der Waals surface area contributed by atoms with Gasteiger partial charge in [0.15, 0.2) is 0 Å². The molecule has 0 radical (unpaired) electrons. The highest BCUT2D eigenvalue weighted by atomic mass is 16.5. The molecule has 102 valence electrons. The molecule has 4 nitrogen and oxygen atoms in total. The molecule has 2 aromatic rings. The molecule has 0 aliphatic carbocycles. The summed E-state index contributed by atoms with van der Waals surface area (Å²) in [5.41, 5.74) is 1.36. The van der Waals surface area contributed by atoms with Crippen LogP contribution in [0, 0.1) is 0 Å². The van der Waals surface area contributed by atoms with Crippen molar-refractivity contribution in [1.82, 2.24) is 0 Å². The summed E-state index contributed by atoms with van der Waals surface area (Å²) in [5, 5.41) is 0. The highest BCUT2D eigenvalue weighted by Crippen LogP contribution is 2.17. The number of ether oxygens (including phenoxy) is 1. The Morgan fingerprint density at radius 3 is 2.10 bits per heavy atom. The SMILES string of the molecule is CC(=O)Oc1ccc(C(=O)N(C)c2ccccc2)cc1. The lowest BCUT2D eigenvalue weighted by atomic mass is 10.2. The second kappa shape index (κ2) is 6.02. The van der Waals surface area contributed by atoms with Crippen molar-refractivity contribution in [3.05, 3.63) is 60.2 Å². The van der Waals surface area contributed by atoms with Crippen molar-refractivity contribution in [3.63, 3.8) is 0 Å². The van der Waals surface area contributed by atoms with Gasteiger partial charge in [-0.05, 0) is 36.4 Å². The smallest absolute Gasteiger partial charge is 0.308 e. The Labute approximate surface area is 117 Å². The highest BCUT2D eigenvalue weighted by Gasteiger charge is 2.13. The topological polar surface area (TPSA) is 46.6 Å². The van der Waals surface area contributed by atoms with E-state index in [9.17, 15) is 9.59 Å². The van der Waals surface area contributed by atoms with Gasteiger partial charge in [0.25, 0.3) is 5.91 Å². The Morgan fingerprint density at radius 2 is 1.55 bits per heavy atom. The standard InChI is InChI=1S/C16H15NO3/c1-12(18)20-15-10-8-13(9-11-15)16(19)17(2)14-6-4-3-5-7-14/h3-11H,1-2H3. The first-order valence-corrected chi connectivity index (χ1v) is 6.19. The zero-order valence-corrected chi connectivity index (χ0v) is 11.4. The van der Waals surface area contributed by atoms with Gasteiger partial charge >= 0.3 is 5.97 Å². The van der Waals surface area contributed by atoms with Gasteiger partial charge < -0.3 is 9.64 Å². The molecule has 0 atom stereocenters. The Bertz CT molecular complexity index is 605. The summed E-state index contributed by atoms with van der Waals surface area (Å²) in [6, 6.07) is 15.9. The van der Waals surface area contributed by atoms with Crippen LogP contribution in [0.3, 0.4) is 0 Å². The minimum Gasteiger partial charge on any atom is -0.427 e. The predicted octanol–water partition coefficient (Wildman–Crippen LogP) is 2.89. The first-order valence-electron chi connectivity index (χ1n) is 6.19. The molecule has 0 spiro atoms. The van der Waals surface area contributed by atoms with E-state index in [1.54, 1.807) is 36.2 Å². The Balaban J connectivity index is 2.15. The molecule has 0 saturated heterocycles. The summed E-state index contributed by atoms with van der Waals surface area (Å²) in [6.45, 7) is 1.34. The van der Waals surface area contributed by atoms with Crippen molar-refractivity contribution in [2.24, 2.45) is 0 Å². The summed E-state index contributed by atoms with van der Waals surface area (Å²) in [6.07, 6.45) is 0. The van der Waals surface area contributed by atoms with Gasteiger partial charge in [0.05, 0.1) is 0 Å². The Morgan fingerprint density at radius 1 is 0.950 bits per heavy atom. The average Bonchev–Trinajstić information content (AvgIpc) is 2.47. The van der Waals surface area contributed by atoms with Crippen LogP contribution in [0.4, 0.5) is 5.69 Å². The molecular formula is C16H15NO3. The second-order valence-corrected chi connectivity index (χ2v) is 4.32. The minimum absolute atomic E-state index is 0.120. The maximum Gasteiger partial charge on any atom is 0.308 e. The molecule has 0 aliphatic heterocycles. The third-order valence-electron chi connectivity index (χ3n) is 2.81. The lowest BCUT2D eigenvalue weighted by Gasteiger charge is -2.17. The van der Waals surface area contributed by atoms with Crippen molar-refractivity contribution < 1.29 is 14.3 Å². The van der Waals surface area contributed by atoms with Gasteiger partial charge in [0.1, 0.15) is 5.75 Å². The lowest BCUT2D eigenvalue weighted by molar-refractivity contribution is -0.131. The molecular weight excluding hydrogens is 254 g/mol. The van der Waals surface area contributed by atoms with E-state index < -0.39 is 0 Å². The van der Waals surface area contributed by atoms with Crippen LogP contribution in [0.1, 0.15) is 17.3 Å². The van der Waals surface area contributed by atoms with E-state index in [-0.39, 0.29) is 11.9 Å². The first-order chi connectivity index (χ1) is 9.58. The van der Waals surface area contributed by atoms with Gasteiger partial charge in [-0.1, -0.05) is 18.2 Å². The van der Waals surface area contributed by atoms with Crippen LogP contribution in [0.5, 0.6) is 5.75 Å². The van der Waals surface area contributed by atoms with Crippen molar-refractivity contribution in [1.29, 1.82) is 0 Å². The van der Waals surface area contributed by atoms with Gasteiger partial charge in [-0.15, -0.1) is 0 Å². The predicted molar refractivity (Wildman–Crippen MR) is 76.9 cm³/mol. The summed E-state index contributed by atoms with van der Waals surface area (Å²) in [7, 11) is 1.72. The van der Waals surface area contributed by atoms with Crippen LogP contribution in [0.15, 0.2) is 54.6 Å². The lowest BCUT2D eigenvalue weighted by Crippen LogP contribution is -2.26. The van der Waals surface area contributed by atoms with E-state index in [0.29, 0.717) is 11.3 Å². The molecule has 0 bridgehead atoms. The molecule has 0 aromatic heterocycles. The van der Waals surface area contributed by atoms with Crippen molar-refractivity contribution in [2.45, 2.75) is 6.92 Å². The molecule has 4 heteroatoms. The number of rotatable bonds is 3. The van der Waals surface area contributed by atoms with E-state index in [4.69, 9.17) is 4.74 Å². The molecule has 20 heavy (non-hydrogen) atoms. The third-order valence-corrected chi connectivity index (χ3v) is 2.81. The number of hydrogen-bond acceptors (Lipinski definition) is 3. The zero-order chi connectivity index (χ0) is 14.5. The second-order valence-electron chi connectivity index (χ2n) is 4.32. The maximum absolute atomic E-state index is 12.3. The molecule has 0 heterocycles. The van der Waals surface area contributed by atoms with Gasteiger partial charge in [-0.25, -0.2) is 0 Å². The number of carbonyl (C=O) groups excluding carboxylic acids is 2. The van der Waals surface area contributed by atoms with Crippen LogP contribution in [-0.4, -0.2) is 18.9 Å². The van der Waals surface area contributed by atoms with Crippen molar-refractivity contribution in [2.75, 3.05) is 11.9 Å². The maximum atomic E-state index is 12.3. The zero-order valence-electron chi connectivity index (χ0n) is 11.4. The minimum atomic E-state index is -0.384. The quantitative estimate of drug-likeness (QED) is 0.636. The monoisotopic (exact) mass is 269 g/mol. The number of carbonyl (C=O) groups is 2. The normalized spacial score (nSPS) is 9.90. The number of hydrogen-bond donors (Lipinski definition) is 0. The fraction of sp³-hybridized carbons (Fsp3) is 0.125. The Kier molecular flexibility index (Phi) is 4.15. The number of benzene rings is 2. The number of nitrogens with zero attached hydrogens (tertiary/aromatic N) is 1. The van der Waals surface area contributed by atoms with Gasteiger partial charge in [0, 0.05) is 25.2 Å². The van der Waals surface area contributed by atoms with E-state index in [0.717, 1.165) is 5.69 Å². The molecule has 0 N–H and O–H groups in total. The molecule has 0 fully saturated rings. The summed E-state index contributed by atoms with van der Waals surface area (Å²) >= 11 is 0. The number of esters is 1. The molecule has 1 amide bonds. The molecule has 0 saturated carbocycles. The third kappa shape index (κ3) is 3.23. The number of amides is 1. The van der Waals surface area contributed by atoms with Crippen molar-refractivity contribution in [3.8, 4) is 5.75 Å². The Hall–Kier alpha value is -2.62. The van der Waals surface area contributed by atoms with Gasteiger partial charge in [-0.2, -0.15) is 0 Å². The van der Waals surface area contributed by atoms with E-state index in [2.05, 4.69) is 0 Å². The van der Waals surface area contributed by atoms with Crippen LogP contribution in [-0.2, 0) is 4.79 Å². The van der Waals surface area contributed by atoms with Crippen molar-refractivity contribution >= 4 is 17.6 Å². The fourth-order valence-corrected chi connectivity index (χ4v) is 1.79. The molecule has 0 aliphatic rings. The van der Waals surface area contributed by atoms with Crippen LogP contribution in [0.25, 0.3) is 0 Å². The number of para-hydroxylation sites is 1. The van der Waals surface area contributed by atoms with Gasteiger partial charge in [-0.3, -0.25) is 9.59 Å². The molecule has 2 rings (SSSR count). The average molecular weight is 269 g/mol. The van der Waals surface area contributed by atoms with E-state index >= 15 is 0 Å². The summed E-state index contributed by atoms with van der Waals surface area (Å²) in [5.74, 6) is -0.0764. The van der Waals surface area contributed by atoms with Crippen LogP contribution in [0.2, 0.25) is 0 Å². The molecule has 2 aromatic carbocycles. The largest absolute Gasteiger partial charge is 0.427 e. The van der Waals surface area contributed by atoms with Crippen LogP contribution >= 0.6 is 0 Å². The van der Waals surface area contributed by atoms with Crippen LogP contribution < -0.4 is 9.64 Å². The fourth-order valence-electron chi connectivity index (χ4n) is 1.79. The van der Waals surface area contributed by atoms with E-state index in [1.165, 1.54) is 6.92 Å². The van der Waals surface area contributed by atoms with E-state index in [1.807, 2.05) is 30.3 Å². The summed E-state index contributed by atoms with van der Waals surface area (Å²) in [4.78, 5) is 24.7. The summed E-state index contributed by atoms with van der Waals surface area (Å²) < 4.78 is 4.93.